The molecule has 4 heteroatoms. The summed E-state index contributed by atoms with van der Waals surface area (Å²) in [5.41, 5.74) is 3.66. The molecule has 0 saturated carbocycles. The quantitative estimate of drug-likeness (QED) is 0.941. The van der Waals surface area contributed by atoms with Crippen LogP contribution in [0.5, 0.6) is 0 Å². The monoisotopic (exact) mass is 307 g/mol. The van der Waals surface area contributed by atoms with E-state index in [0.29, 0.717) is 0 Å². The Morgan fingerprint density at radius 1 is 1.39 bits per heavy atom. The second-order valence-corrected chi connectivity index (χ2v) is 5.41. The Bertz CT molecular complexity index is 534. The van der Waals surface area contributed by atoms with E-state index in [4.69, 9.17) is 0 Å². The van der Waals surface area contributed by atoms with Gasteiger partial charge in [0.15, 0.2) is 0 Å². The van der Waals surface area contributed by atoms with Crippen molar-refractivity contribution >= 4 is 15.9 Å². The van der Waals surface area contributed by atoms with Crippen LogP contribution in [0.25, 0.3) is 0 Å². The minimum Gasteiger partial charge on any atom is -0.313 e. The van der Waals surface area contributed by atoms with Gasteiger partial charge in [-0.3, -0.25) is 4.68 Å². The largest absolute Gasteiger partial charge is 0.313 e. The SMILES string of the molecule is CNC(Cc1ccn(C)n1)c1cc(C)ccc1Br. The van der Waals surface area contributed by atoms with Gasteiger partial charge in [0.2, 0.25) is 0 Å². The molecule has 0 bridgehead atoms. The average Bonchev–Trinajstić information content (AvgIpc) is 2.75. The van der Waals surface area contributed by atoms with Gasteiger partial charge in [0.05, 0.1) is 5.69 Å². The molecule has 18 heavy (non-hydrogen) atoms. The van der Waals surface area contributed by atoms with Crippen molar-refractivity contribution in [3.63, 3.8) is 0 Å². The highest BCUT2D eigenvalue weighted by molar-refractivity contribution is 9.10. The summed E-state index contributed by atoms with van der Waals surface area (Å²) >= 11 is 3.62. The molecular formula is C14H18BrN3. The summed E-state index contributed by atoms with van der Waals surface area (Å²) in [7, 11) is 3.93. The maximum atomic E-state index is 4.44. The van der Waals surface area contributed by atoms with E-state index in [2.05, 4.69) is 57.5 Å². The van der Waals surface area contributed by atoms with E-state index in [9.17, 15) is 0 Å². The lowest BCUT2D eigenvalue weighted by atomic mass is 10.0. The highest BCUT2D eigenvalue weighted by Gasteiger charge is 2.14. The number of rotatable bonds is 4. The molecule has 1 aromatic heterocycles. The van der Waals surface area contributed by atoms with E-state index in [1.165, 1.54) is 11.1 Å². The van der Waals surface area contributed by atoms with Gasteiger partial charge >= 0.3 is 0 Å². The molecule has 1 heterocycles. The van der Waals surface area contributed by atoms with Crippen LogP contribution in [0.15, 0.2) is 34.9 Å². The summed E-state index contributed by atoms with van der Waals surface area (Å²) in [6.45, 7) is 2.11. The lowest BCUT2D eigenvalue weighted by molar-refractivity contribution is 0.575. The zero-order valence-corrected chi connectivity index (χ0v) is 12.5. The van der Waals surface area contributed by atoms with Crippen LogP contribution in [-0.4, -0.2) is 16.8 Å². The molecule has 2 rings (SSSR count). The zero-order valence-electron chi connectivity index (χ0n) is 10.9. The fourth-order valence-electron chi connectivity index (χ4n) is 2.08. The van der Waals surface area contributed by atoms with Crippen molar-refractivity contribution in [2.75, 3.05) is 7.05 Å². The van der Waals surface area contributed by atoms with Crippen molar-refractivity contribution in [1.82, 2.24) is 15.1 Å². The van der Waals surface area contributed by atoms with Gasteiger partial charge in [-0.15, -0.1) is 0 Å². The van der Waals surface area contributed by atoms with Gasteiger partial charge in [-0.05, 0) is 31.7 Å². The maximum Gasteiger partial charge on any atom is 0.0643 e. The fourth-order valence-corrected chi connectivity index (χ4v) is 2.60. The van der Waals surface area contributed by atoms with Gasteiger partial charge in [0.1, 0.15) is 0 Å². The summed E-state index contributed by atoms with van der Waals surface area (Å²) in [5, 5.41) is 7.80. The third-order valence-electron chi connectivity index (χ3n) is 3.06. The van der Waals surface area contributed by atoms with E-state index in [1.54, 1.807) is 0 Å². The molecule has 0 aliphatic rings. The lowest BCUT2D eigenvalue weighted by Crippen LogP contribution is -2.19. The average molecular weight is 308 g/mol. The van der Waals surface area contributed by atoms with Crippen LogP contribution in [-0.2, 0) is 13.5 Å². The predicted octanol–water partition coefficient (Wildman–Crippen LogP) is 2.99. The van der Waals surface area contributed by atoms with Crippen LogP contribution >= 0.6 is 15.9 Å². The summed E-state index contributed by atoms with van der Waals surface area (Å²) in [4.78, 5) is 0. The molecule has 1 unspecified atom stereocenters. The second kappa shape index (κ2) is 5.67. The first-order valence-corrected chi connectivity index (χ1v) is 6.81. The van der Waals surface area contributed by atoms with E-state index in [-0.39, 0.29) is 6.04 Å². The standard InChI is InChI=1S/C14H18BrN3/c1-10-4-5-13(15)12(8-10)14(16-2)9-11-6-7-18(3)17-11/h4-8,14,16H,9H2,1-3H3. The third-order valence-corrected chi connectivity index (χ3v) is 3.78. The molecule has 1 aromatic carbocycles. The van der Waals surface area contributed by atoms with Crippen molar-refractivity contribution < 1.29 is 0 Å². The molecule has 0 fully saturated rings. The van der Waals surface area contributed by atoms with Crippen molar-refractivity contribution in [2.45, 2.75) is 19.4 Å². The number of nitrogens with zero attached hydrogens (tertiary/aromatic N) is 2. The summed E-state index contributed by atoms with van der Waals surface area (Å²) in [6, 6.07) is 8.77. The van der Waals surface area contributed by atoms with E-state index in [0.717, 1.165) is 16.6 Å². The number of likely N-dealkylation sites (N-methyl/N-ethyl adjacent to an activating group) is 1. The van der Waals surface area contributed by atoms with Gasteiger partial charge in [0, 0.05) is 30.2 Å². The smallest absolute Gasteiger partial charge is 0.0643 e. The van der Waals surface area contributed by atoms with Crippen LogP contribution < -0.4 is 5.32 Å². The van der Waals surface area contributed by atoms with Crippen molar-refractivity contribution in [3.8, 4) is 0 Å². The molecule has 3 nitrogen and oxygen atoms in total. The number of halogens is 1. The maximum absolute atomic E-state index is 4.44. The highest BCUT2D eigenvalue weighted by atomic mass is 79.9. The topological polar surface area (TPSA) is 29.9 Å². The molecule has 0 saturated heterocycles. The Morgan fingerprint density at radius 2 is 2.17 bits per heavy atom. The Balaban J connectivity index is 2.25. The van der Waals surface area contributed by atoms with E-state index >= 15 is 0 Å². The molecule has 1 atom stereocenters. The molecule has 1 N–H and O–H groups in total. The Kier molecular flexibility index (Phi) is 4.19. The van der Waals surface area contributed by atoms with Gasteiger partial charge in [0.25, 0.3) is 0 Å². The first kappa shape index (κ1) is 13.3. The third kappa shape index (κ3) is 3.00. The number of aromatic nitrogens is 2. The Hall–Kier alpha value is -1.13. The molecule has 0 radical (unpaired) electrons. The van der Waals surface area contributed by atoms with Crippen molar-refractivity contribution in [1.29, 1.82) is 0 Å². The molecule has 0 amide bonds. The molecule has 0 aliphatic heterocycles. The molecule has 96 valence electrons. The fraction of sp³-hybridized carbons (Fsp3) is 0.357. The zero-order chi connectivity index (χ0) is 13.1. The van der Waals surface area contributed by atoms with Crippen molar-refractivity contribution in [2.24, 2.45) is 7.05 Å². The summed E-state index contributed by atoms with van der Waals surface area (Å²) < 4.78 is 2.98. The molecular weight excluding hydrogens is 290 g/mol. The van der Waals surface area contributed by atoms with Gasteiger partial charge in [-0.25, -0.2) is 0 Å². The predicted molar refractivity (Wildman–Crippen MR) is 77.6 cm³/mol. The van der Waals surface area contributed by atoms with Crippen LogP contribution in [0.2, 0.25) is 0 Å². The first-order valence-electron chi connectivity index (χ1n) is 6.02. The van der Waals surface area contributed by atoms with Crippen molar-refractivity contribution in [3.05, 3.63) is 51.8 Å². The van der Waals surface area contributed by atoms with Gasteiger partial charge in [-0.2, -0.15) is 5.10 Å². The second-order valence-electron chi connectivity index (χ2n) is 4.55. The Labute approximate surface area is 116 Å². The normalized spacial score (nSPS) is 12.7. The Morgan fingerprint density at radius 3 is 2.78 bits per heavy atom. The summed E-state index contributed by atoms with van der Waals surface area (Å²) in [6.07, 6.45) is 2.87. The number of benzene rings is 1. The number of hydrogen-bond donors (Lipinski definition) is 1. The number of aryl methyl sites for hydroxylation is 2. The number of nitrogens with one attached hydrogen (secondary N) is 1. The molecule has 0 spiro atoms. The van der Waals surface area contributed by atoms with Crippen LogP contribution in [0, 0.1) is 6.92 Å². The lowest BCUT2D eigenvalue weighted by Gasteiger charge is -2.17. The van der Waals surface area contributed by atoms with Gasteiger partial charge < -0.3 is 5.32 Å². The summed E-state index contributed by atoms with van der Waals surface area (Å²) in [5.74, 6) is 0. The van der Waals surface area contributed by atoms with Crippen LogP contribution in [0.4, 0.5) is 0 Å². The first-order chi connectivity index (χ1) is 8.60. The van der Waals surface area contributed by atoms with Gasteiger partial charge in [-0.1, -0.05) is 33.6 Å². The molecule has 0 aliphatic carbocycles. The highest BCUT2D eigenvalue weighted by Crippen LogP contribution is 2.26. The minimum absolute atomic E-state index is 0.272. The minimum atomic E-state index is 0.272. The van der Waals surface area contributed by atoms with E-state index < -0.39 is 0 Å². The van der Waals surface area contributed by atoms with Crippen LogP contribution in [0.1, 0.15) is 22.9 Å². The number of hydrogen-bond acceptors (Lipinski definition) is 2. The molecule has 2 aromatic rings. The van der Waals surface area contributed by atoms with E-state index in [1.807, 2.05) is 25.0 Å². The van der Waals surface area contributed by atoms with Crippen LogP contribution in [0.3, 0.4) is 0 Å².